The number of halogens is 2. The van der Waals surface area contributed by atoms with E-state index in [1.807, 2.05) is 19.1 Å². The van der Waals surface area contributed by atoms with Gasteiger partial charge in [0.05, 0.1) is 5.69 Å². The van der Waals surface area contributed by atoms with Gasteiger partial charge in [-0.2, -0.15) is 0 Å². The number of aryl methyl sites for hydroxylation is 1. The lowest BCUT2D eigenvalue weighted by molar-refractivity contribution is 0.575. The summed E-state index contributed by atoms with van der Waals surface area (Å²) < 4.78 is 0. The average molecular weight is 329 g/mol. The van der Waals surface area contributed by atoms with E-state index in [2.05, 4.69) is 24.1 Å². The van der Waals surface area contributed by atoms with Gasteiger partial charge < -0.3 is 5.32 Å². The number of nitrogens with one attached hydrogen (secondary N) is 1. The number of benzene rings is 1. The van der Waals surface area contributed by atoms with Gasteiger partial charge in [0.1, 0.15) is 5.01 Å². The van der Waals surface area contributed by atoms with Crippen LogP contribution in [0.3, 0.4) is 0 Å². The first-order valence-corrected chi connectivity index (χ1v) is 8.25. The van der Waals surface area contributed by atoms with Crippen molar-refractivity contribution >= 4 is 34.5 Å². The third-order valence-corrected chi connectivity index (χ3v) is 4.86. The molecule has 0 spiro atoms. The standard InChI is InChI=1S/C15H18Cl2N2S/c1-4-5-18-9(2)14-10(3)19-15(20-14)11-6-12(16)8-13(17)7-11/h6-9,18H,4-5H2,1-3H3. The van der Waals surface area contributed by atoms with Crippen LogP contribution in [-0.2, 0) is 0 Å². The van der Waals surface area contributed by atoms with Crippen molar-refractivity contribution in [2.24, 2.45) is 0 Å². The Morgan fingerprint density at radius 1 is 1.25 bits per heavy atom. The Balaban J connectivity index is 2.30. The van der Waals surface area contributed by atoms with Crippen molar-refractivity contribution in [3.05, 3.63) is 38.8 Å². The molecule has 2 nitrogen and oxygen atoms in total. The van der Waals surface area contributed by atoms with Crippen LogP contribution in [0.2, 0.25) is 10.0 Å². The highest BCUT2D eigenvalue weighted by molar-refractivity contribution is 7.15. The van der Waals surface area contributed by atoms with Crippen LogP contribution in [0.1, 0.15) is 36.9 Å². The fourth-order valence-electron chi connectivity index (χ4n) is 2.06. The van der Waals surface area contributed by atoms with E-state index >= 15 is 0 Å². The molecule has 0 bridgehead atoms. The Morgan fingerprint density at radius 3 is 2.50 bits per heavy atom. The van der Waals surface area contributed by atoms with Gasteiger partial charge in [0, 0.05) is 26.5 Å². The average Bonchev–Trinajstić information content (AvgIpc) is 2.77. The van der Waals surface area contributed by atoms with Crippen molar-refractivity contribution in [2.45, 2.75) is 33.2 Å². The number of nitrogens with zero attached hydrogens (tertiary/aromatic N) is 1. The normalized spacial score (nSPS) is 12.7. The molecule has 0 aliphatic heterocycles. The summed E-state index contributed by atoms with van der Waals surface area (Å²) in [5, 5.41) is 5.74. The van der Waals surface area contributed by atoms with Gasteiger partial charge in [0.2, 0.25) is 0 Å². The first kappa shape index (κ1) is 15.8. The van der Waals surface area contributed by atoms with Gasteiger partial charge in [0.15, 0.2) is 0 Å². The molecular formula is C15H18Cl2N2S. The van der Waals surface area contributed by atoms with E-state index < -0.39 is 0 Å². The van der Waals surface area contributed by atoms with Gasteiger partial charge in [-0.05, 0) is 45.0 Å². The van der Waals surface area contributed by atoms with Gasteiger partial charge in [-0.3, -0.25) is 0 Å². The maximum atomic E-state index is 6.06. The van der Waals surface area contributed by atoms with E-state index in [4.69, 9.17) is 23.2 Å². The molecule has 1 atom stereocenters. The topological polar surface area (TPSA) is 24.9 Å². The van der Waals surface area contributed by atoms with E-state index in [0.717, 1.165) is 29.2 Å². The molecule has 1 aromatic carbocycles. The molecule has 2 rings (SSSR count). The SMILES string of the molecule is CCCNC(C)c1sc(-c2cc(Cl)cc(Cl)c2)nc1C. The lowest BCUT2D eigenvalue weighted by atomic mass is 10.2. The zero-order valence-electron chi connectivity index (χ0n) is 11.8. The smallest absolute Gasteiger partial charge is 0.124 e. The molecule has 1 heterocycles. The summed E-state index contributed by atoms with van der Waals surface area (Å²) in [4.78, 5) is 5.92. The Morgan fingerprint density at radius 2 is 1.90 bits per heavy atom. The van der Waals surface area contributed by atoms with E-state index in [1.54, 1.807) is 17.4 Å². The molecule has 0 saturated carbocycles. The second-order valence-electron chi connectivity index (χ2n) is 4.80. The Labute approximate surface area is 134 Å². The molecule has 1 N–H and O–H groups in total. The fourth-order valence-corrected chi connectivity index (χ4v) is 3.67. The predicted octanol–water partition coefficient (Wildman–Crippen LogP) is 5.49. The Hall–Kier alpha value is -0.610. The summed E-state index contributed by atoms with van der Waals surface area (Å²) in [5.41, 5.74) is 2.04. The molecular weight excluding hydrogens is 311 g/mol. The summed E-state index contributed by atoms with van der Waals surface area (Å²) in [6.07, 6.45) is 1.12. The number of hydrogen-bond donors (Lipinski definition) is 1. The maximum absolute atomic E-state index is 6.06. The second kappa shape index (κ2) is 6.90. The Bertz CT molecular complexity index is 575. The number of rotatable bonds is 5. The summed E-state index contributed by atoms with van der Waals surface area (Å²) in [6.45, 7) is 7.39. The Kier molecular flexibility index (Phi) is 5.44. The molecule has 108 valence electrons. The molecule has 1 unspecified atom stereocenters. The third-order valence-electron chi connectivity index (χ3n) is 3.04. The number of hydrogen-bond acceptors (Lipinski definition) is 3. The van der Waals surface area contributed by atoms with Crippen LogP contribution in [0.25, 0.3) is 10.6 Å². The van der Waals surface area contributed by atoms with Crippen LogP contribution in [0.4, 0.5) is 0 Å². The maximum Gasteiger partial charge on any atom is 0.124 e. The minimum Gasteiger partial charge on any atom is -0.309 e. The quantitative estimate of drug-likeness (QED) is 0.785. The molecule has 2 aromatic rings. The van der Waals surface area contributed by atoms with Gasteiger partial charge >= 0.3 is 0 Å². The van der Waals surface area contributed by atoms with Gasteiger partial charge in [-0.15, -0.1) is 11.3 Å². The highest BCUT2D eigenvalue weighted by atomic mass is 35.5. The van der Waals surface area contributed by atoms with Crippen LogP contribution in [0.15, 0.2) is 18.2 Å². The zero-order valence-corrected chi connectivity index (χ0v) is 14.2. The van der Waals surface area contributed by atoms with Crippen molar-refractivity contribution in [1.29, 1.82) is 0 Å². The van der Waals surface area contributed by atoms with Crippen LogP contribution < -0.4 is 5.32 Å². The van der Waals surface area contributed by atoms with Crippen LogP contribution >= 0.6 is 34.5 Å². The van der Waals surface area contributed by atoms with Crippen molar-refractivity contribution in [3.8, 4) is 10.6 Å². The largest absolute Gasteiger partial charge is 0.309 e. The highest BCUT2D eigenvalue weighted by Gasteiger charge is 2.15. The number of thiazole rings is 1. The molecule has 1 aromatic heterocycles. The van der Waals surface area contributed by atoms with E-state index in [1.165, 1.54) is 4.88 Å². The van der Waals surface area contributed by atoms with Crippen LogP contribution in [0, 0.1) is 6.92 Å². The fraction of sp³-hybridized carbons (Fsp3) is 0.400. The third kappa shape index (κ3) is 3.73. The van der Waals surface area contributed by atoms with Crippen molar-refractivity contribution < 1.29 is 0 Å². The van der Waals surface area contributed by atoms with Crippen molar-refractivity contribution in [1.82, 2.24) is 10.3 Å². The molecule has 0 radical (unpaired) electrons. The minimum absolute atomic E-state index is 0.316. The number of aromatic nitrogens is 1. The summed E-state index contributed by atoms with van der Waals surface area (Å²) in [7, 11) is 0. The van der Waals surface area contributed by atoms with E-state index in [0.29, 0.717) is 16.1 Å². The molecule has 20 heavy (non-hydrogen) atoms. The lowest BCUT2D eigenvalue weighted by Gasteiger charge is -2.11. The van der Waals surface area contributed by atoms with Crippen molar-refractivity contribution in [3.63, 3.8) is 0 Å². The summed E-state index contributed by atoms with van der Waals surface area (Å²) >= 11 is 13.8. The molecule has 0 aliphatic carbocycles. The van der Waals surface area contributed by atoms with Crippen LogP contribution in [0.5, 0.6) is 0 Å². The van der Waals surface area contributed by atoms with E-state index in [-0.39, 0.29) is 0 Å². The summed E-state index contributed by atoms with van der Waals surface area (Å²) in [5.74, 6) is 0. The monoisotopic (exact) mass is 328 g/mol. The second-order valence-corrected chi connectivity index (χ2v) is 6.71. The molecule has 0 saturated heterocycles. The molecule has 0 aliphatic rings. The first-order valence-electron chi connectivity index (χ1n) is 6.68. The molecule has 0 fully saturated rings. The lowest BCUT2D eigenvalue weighted by Crippen LogP contribution is -2.18. The van der Waals surface area contributed by atoms with Gasteiger partial charge in [0.25, 0.3) is 0 Å². The highest BCUT2D eigenvalue weighted by Crippen LogP contribution is 2.34. The van der Waals surface area contributed by atoms with E-state index in [9.17, 15) is 0 Å². The van der Waals surface area contributed by atoms with Crippen LogP contribution in [-0.4, -0.2) is 11.5 Å². The zero-order chi connectivity index (χ0) is 14.7. The molecule has 5 heteroatoms. The summed E-state index contributed by atoms with van der Waals surface area (Å²) in [6, 6.07) is 5.86. The molecule has 0 amide bonds. The first-order chi connectivity index (χ1) is 9.51. The van der Waals surface area contributed by atoms with Gasteiger partial charge in [-0.1, -0.05) is 30.1 Å². The van der Waals surface area contributed by atoms with Crippen molar-refractivity contribution in [2.75, 3.05) is 6.54 Å². The van der Waals surface area contributed by atoms with Gasteiger partial charge in [-0.25, -0.2) is 4.98 Å². The minimum atomic E-state index is 0.316. The predicted molar refractivity (Wildman–Crippen MR) is 89.0 cm³/mol.